The van der Waals surface area contributed by atoms with Crippen LogP contribution in [0, 0.1) is 0 Å². The summed E-state index contributed by atoms with van der Waals surface area (Å²) >= 11 is 0. The number of alkyl halides is 3. The SMILES string of the molecule is COc1ccc2c(c1)C(=O)/C(=C1/C(=O)Nc3ccc(OC(F)(F)F)cc31)N2. The van der Waals surface area contributed by atoms with Gasteiger partial charge < -0.3 is 20.1 Å². The third-order valence-corrected chi connectivity index (χ3v) is 4.18. The van der Waals surface area contributed by atoms with Crippen LogP contribution in [0.3, 0.4) is 0 Å². The van der Waals surface area contributed by atoms with E-state index in [9.17, 15) is 22.8 Å². The molecule has 138 valence electrons. The van der Waals surface area contributed by atoms with Crippen LogP contribution in [0.1, 0.15) is 15.9 Å². The van der Waals surface area contributed by atoms with Crippen LogP contribution < -0.4 is 20.1 Å². The van der Waals surface area contributed by atoms with Crippen molar-refractivity contribution in [3.05, 3.63) is 53.2 Å². The van der Waals surface area contributed by atoms with E-state index in [0.717, 1.165) is 12.1 Å². The molecule has 0 saturated carbocycles. The van der Waals surface area contributed by atoms with Crippen molar-refractivity contribution in [2.75, 3.05) is 17.7 Å². The minimum absolute atomic E-state index is 0.0151. The van der Waals surface area contributed by atoms with Gasteiger partial charge in [0, 0.05) is 11.3 Å². The number of rotatable bonds is 2. The Balaban J connectivity index is 1.80. The van der Waals surface area contributed by atoms with Crippen molar-refractivity contribution in [1.82, 2.24) is 0 Å². The van der Waals surface area contributed by atoms with Crippen LogP contribution in [0.2, 0.25) is 0 Å². The number of carbonyl (C=O) groups excluding carboxylic acids is 2. The van der Waals surface area contributed by atoms with Gasteiger partial charge in [-0.1, -0.05) is 0 Å². The zero-order valence-corrected chi connectivity index (χ0v) is 13.7. The molecule has 1 amide bonds. The molecule has 0 atom stereocenters. The number of methoxy groups -OCH3 is 1. The molecular formula is C18H11F3N2O4. The fourth-order valence-electron chi connectivity index (χ4n) is 3.04. The monoisotopic (exact) mass is 376 g/mol. The molecule has 27 heavy (non-hydrogen) atoms. The predicted molar refractivity (Wildman–Crippen MR) is 89.6 cm³/mol. The predicted octanol–water partition coefficient (Wildman–Crippen LogP) is 3.57. The highest BCUT2D eigenvalue weighted by Crippen LogP contribution is 2.41. The number of carbonyl (C=O) groups is 2. The first-order valence-electron chi connectivity index (χ1n) is 7.72. The molecule has 9 heteroatoms. The number of benzene rings is 2. The fourth-order valence-corrected chi connectivity index (χ4v) is 3.04. The van der Waals surface area contributed by atoms with Gasteiger partial charge in [-0.15, -0.1) is 13.2 Å². The van der Waals surface area contributed by atoms with Crippen LogP contribution in [-0.4, -0.2) is 25.2 Å². The lowest BCUT2D eigenvalue weighted by molar-refractivity contribution is -0.274. The Labute approximate surface area is 150 Å². The second-order valence-corrected chi connectivity index (χ2v) is 5.82. The van der Waals surface area contributed by atoms with Crippen LogP contribution in [0.25, 0.3) is 5.57 Å². The van der Waals surface area contributed by atoms with Gasteiger partial charge in [-0.05, 0) is 36.4 Å². The van der Waals surface area contributed by atoms with E-state index < -0.39 is 23.8 Å². The second kappa shape index (κ2) is 5.76. The number of Topliss-reactive ketones (excluding diaryl/α,β-unsaturated/α-hetero) is 1. The number of hydrogen-bond acceptors (Lipinski definition) is 5. The van der Waals surface area contributed by atoms with Gasteiger partial charge in [0.25, 0.3) is 5.91 Å². The smallest absolute Gasteiger partial charge is 0.497 e. The molecule has 0 spiro atoms. The van der Waals surface area contributed by atoms with Crippen molar-refractivity contribution < 1.29 is 32.2 Å². The van der Waals surface area contributed by atoms with E-state index in [0.29, 0.717) is 22.7 Å². The van der Waals surface area contributed by atoms with Gasteiger partial charge in [-0.3, -0.25) is 9.59 Å². The molecular weight excluding hydrogens is 365 g/mol. The molecule has 0 saturated heterocycles. The zero-order chi connectivity index (χ0) is 19.3. The van der Waals surface area contributed by atoms with Crippen LogP contribution in [0.4, 0.5) is 24.5 Å². The number of amides is 1. The lowest BCUT2D eigenvalue weighted by Crippen LogP contribution is -2.17. The number of ether oxygens (including phenoxy) is 2. The molecule has 0 fully saturated rings. The first-order chi connectivity index (χ1) is 12.8. The molecule has 6 nitrogen and oxygen atoms in total. The molecule has 4 rings (SSSR count). The molecule has 2 aromatic carbocycles. The summed E-state index contributed by atoms with van der Waals surface area (Å²) in [6.45, 7) is 0. The number of nitrogens with one attached hydrogen (secondary N) is 2. The van der Waals surface area contributed by atoms with Crippen molar-refractivity contribution in [1.29, 1.82) is 0 Å². The van der Waals surface area contributed by atoms with E-state index in [1.807, 2.05) is 0 Å². The summed E-state index contributed by atoms with van der Waals surface area (Å²) in [6, 6.07) is 8.24. The molecule has 0 radical (unpaired) electrons. The number of anilines is 2. The number of halogens is 3. The highest BCUT2D eigenvalue weighted by atomic mass is 19.4. The lowest BCUT2D eigenvalue weighted by Gasteiger charge is -2.10. The van der Waals surface area contributed by atoms with E-state index >= 15 is 0 Å². The van der Waals surface area contributed by atoms with Crippen molar-refractivity contribution >= 4 is 28.6 Å². The fraction of sp³-hybridized carbons (Fsp3) is 0.111. The molecule has 2 aromatic rings. The van der Waals surface area contributed by atoms with Crippen molar-refractivity contribution in [2.45, 2.75) is 6.36 Å². The van der Waals surface area contributed by atoms with E-state index in [1.54, 1.807) is 12.1 Å². The van der Waals surface area contributed by atoms with Gasteiger partial charge in [-0.2, -0.15) is 0 Å². The van der Waals surface area contributed by atoms with Crippen LogP contribution in [0.15, 0.2) is 42.1 Å². The largest absolute Gasteiger partial charge is 0.573 e. The Morgan fingerprint density at radius 1 is 0.889 bits per heavy atom. The molecule has 2 N–H and O–H groups in total. The van der Waals surface area contributed by atoms with Gasteiger partial charge in [0.15, 0.2) is 0 Å². The zero-order valence-electron chi connectivity index (χ0n) is 13.7. The molecule has 0 unspecified atom stereocenters. The highest BCUT2D eigenvalue weighted by molar-refractivity contribution is 6.39. The van der Waals surface area contributed by atoms with Gasteiger partial charge >= 0.3 is 6.36 Å². The average molecular weight is 376 g/mol. The van der Waals surface area contributed by atoms with Crippen LogP contribution >= 0.6 is 0 Å². The number of ketones is 1. The molecule has 2 aliphatic heterocycles. The maximum atomic E-state index is 12.8. The first-order valence-corrected chi connectivity index (χ1v) is 7.72. The highest BCUT2D eigenvalue weighted by Gasteiger charge is 2.37. The summed E-state index contributed by atoms with van der Waals surface area (Å²) in [6.07, 6.45) is -4.87. The summed E-state index contributed by atoms with van der Waals surface area (Å²) in [5, 5.41) is 5.40. The molecule has 0 aliphatic carbocycles. The van der Waals surface area contributed by atoms with E-state index in [-0.39, 0.29) is 16.8 Å². The average Bonchev–Trinajstić information content (AvgIpc) is 3.09. The standard InChI is InChI=1S/C18H11F3N2O4/c1-26-8-2-4-13-11(6-8)16(24)15(22-13)14-10-7-9(27-18(19,20)21)3-5-12(10)23-17(14)25/h2-7,22H,1H3,(H,23,25)/b15-14-. The summed E-state index contributed by atoms with van der Waals surface area (Å²) < 4.78 is 46.5. The molecule has 0 aromatic heterocycles. The van der Waals surface area contributed by atoms with Gasteiger partial charge in [-0.25, -0.2) is 0 Å². The molecule has 2 aliphatic rings. The first kappa shape index (κ1) is 17.0. The van der Waals surface area contributed by atoms with Crippen molar-refractivity contribution in [2.24, 2.45) is 0 Å². The van der Waals surface area contributed by atoms with Crippen molar-refractivity contribution in [3.8, 4) is 11.5 Å². The van der Waals surface area contributed by atoms with Gasteiger partial charge in [0.2, 0.25) is 5.78 Å². The summed E-state index contributed by atoms with van der Waals surface area (Å²) in [7, 11) is 1.46. The summed E-state index contributed by atoms with van der Waals surface area (Å²) in [4.78, 5) is 25.1. The van der Waals surface area contributed by atoms with Crippen LogP contribution in [0.5, 0.6) is 11.5 Å². The minimum Gasteiger partial charge on any atom is -0.497 e. The Morgan fingerprint density at radius 2 is 1.52 bits per heavy atom. The Hall–Kier alpha value is -3.49. The molecule has 0 bridgehead atoms. The van der Waals surface area contributed by atoms with Crippen molar-refractivity contribution in [3.63, 3.8) is 0 Å². The Morgan fingerprint density at radius 3 is 2.19 bits per heavy atom. The van der Waals surface area contributed by atoms with Gasteiger partial charge in [0.05, 0.1) is 23.9 Å². The van der Waals surface area contributed by atoms with E-state index in [4.69, 9.17) is 4.74 Å². The van der Waals surface area contributed by atoms with E-state index in [2.05, 4.69) is 15.4 Å². The second-order valence-electron chi connectivity index (χ2n) is 5.82. The van der Waals surface area contributed by atoms with E-state index in [1.165, 1.54) is 19.2 Å². The summed E-state index contributed by atoms with van der Waals surface area (Å²) in [5.41, 5.74) is 1.17. The number of allylic oxidation sites excluding steroid dienone is 1. The summed E-state index contributed by atoms with van der Waals surface area (Å²) in [5.74, 6) is -1.07. The number of fused-ring (bicyclic) bond motifs is 2. The quantitative estimate of drug-likeness (QED) is 0.784. The third-order valence-electron chi connectivity index (χ3n) is 4.18. The Bertz CT molecular complexity index is 1030. The van der Waals surface area contributed by atoms with Gasteiger partial charge in [0.1, 0.15) is 17.2 Å². The van der Waals surface area contributed by atoms with Crippen LogP contribution in [-0.2, 0) is 4.79 Å². The number of hydrogen-bond donors (Lipinski definition) is 2. The minimum atomic E-state index is -4.87. The topological polar surface area (TPSA) is 76.7 Å². The third kappa shape index (κ3) is 2.86. The Kier molecular flexibility index (Phi) is 3.62. The molecule has 2 heterocycles. The normalized spacial score (nSPS) is 17.9. The maximum Gasteiger partial charge on any atom is 0.573 e. The maximum absolute atomic E-state index is 12.8. The lowest BCUT2D eigenvalue weighted by atomic mass is 10.0.